The Hall–Kier alpha value is -1.15. The molecule has 0 radical (unpaired) electrons. The van der Waals surface area contributed by atoms with Crippen molar-refractivity contribution in [1.82, 2.24) is 9.62 Å². The smallest absolute Gasteiger partial charge is 0.209 e. The Labute approximate surface area is 144 Å². The summed E-state index contributed by atoms with van der Waals surface area (Å²) in [5.41, 5.74) is 2.09. The molecule has 0 spiro atoms. The molecule has 6 nitrogen and oxygen atoms in total. The normalized spacial score (nSPS) is 24.1. The Bertz CT molecular complexity index is 692. The number of likely N-dealkylation sites (tertiary alicyclic amines) is 1. The number of nitrogens with one attached hydrogen (secondary N) is 1. The Kier molecular flexibility index (Phi) is 5.15. The second-order valence-corrected chi connectivity index (χ2v) is 8.65. The van der Waals surface area contributed by atoms with Gasteiger partial charge in [0.15, 0.2) is 0 Å². The van der Waals surface area contributed by atoms with Crippen LogP contribution in [0.3, 0.4) is 0 Å². The van der Waals surface area contributed by atoms with Crippen LogP contribution in [0.1, 0.15) is 24.0 Å². The Balaban J connectivity index is 1.67. The minimum Gasteiger partial charge on any atom is -0.493 e. The van der Waals surface area contributed by atoms with E-state index in [1.807, 2.05) is 6.07 Å². The molecule has 2 aliphatic heterocycles. The lowest BCUT2D eigenvalue weighted by molar-refractivity contribution is 0.161. The van der Waals surface area contributed by atoms with Gasteiger partial charge in [0.2, 0.25) is 10.0 Å². The van der Waals surface area contributed by atoms with E-state index < -0.39 is 15.6 Å². The molecule has 0 saturated carbocycles. The fourth-order valence-corrected chi connectivity index (χ4v) is 4.77. The van der Waals surface area contributed by atoms with Gasteiger partial charge in [-0.05, 0) is 30.0 Å². The lowest BCUT2D eigenvalue weighted by atomic mass is 9.96. The first-order valence-corrected chi connectivity index (χ1v) is 10.2. The summed E-state index contributed by atoms with van der Waals surface area (Å²) >= 11 is 0. The molecule has 0 amide bonds. The molecular formula is C17H26N2O4S. The minimum absolute atomic E-state index is 0.427. The Morgan fingerprint density at radius 1 is 1.42 bits per heavy atom. The van der Waals surface area contributed by atoms with Crippen molar-refractivity contribution in [2.24, 2.45) is 0 Å². The molecule has 2 heterocycles. The van der Waals surface area contributed by atoms with Crippen LogP contribution in [0.5, 0.6) is 5.75 Å². The zero-order chi connectivity index (χ0) is 17.2. The number of ether oxygens (including phenoxy) is 2. The van der Waals surface area contributed by atoms with Crippen molar-refractivity contribution in [3.05, 3.63) is 29.3 Å². The molecule has 1 fully saturated rings. The van der Waals surface area contributed by atoms with Gasteiger partial charge in [0.25, 0.3) is 0 Å². The Morgan fingerprint density at radius 2 is 2.25 bits per heavy atom. The summed E-state index contributed by atoms with van der Waals surface area (Å²) in [6, 6.07) is 6.35. The van der Waals surface area contributed by atoms with E-state index in [-0.39, 0.29) is 0 Å². The summed E-state index contributed by atoms with van der Waals surface area (Å²) in [6.45, 7) is 3.72. The number of sulfonamides is 1. The van der Waals surface area contributed by atoms with Gasteiger partial charge in [-0.3, -0.25) is 4.90 Å². The third-order valence-electron chi connectivity index (χ3n) is 4.78. The van der Waals surface area contributed by atoms with Crippen LogP contribution in [0.2, 0.25) is 0 Å². The van der Waals surface area contributed by atoms with Crippen LogP contribution in [-0.4, -0.2) is 58.5 Å². The van der Waals surface area contributed by atoms with Crippen LogP contribution in [0.15, 0.2) is 18.2 Å². The molecule has 1 N–H and O–H groups in total. The Morgan fingerprint density at radius 3 is 3.00 bits per heavy atom. The predicted molar refractivity (Wildman–Crippen MR) is 92.7 cm³/mol. The monoisotopic (exact) mass is 354 g/mol. The summed E-state index contributed by atoms with van der Waals surface area (Å²) in [5, 5.41) is 0. The van der Waals surface area contributed by atoms with Crippen molar-refractivity contribution >= 4 is 10.0 Å². The maximum Gasteiger partial charge on any atom is 0.209 e. The van der Waals surface area contributed by atoms with Crippen LogP contribution in [-0.2, 0) is 27.7 Å². The summed E-state index contributed by atoms with van der Waals surface area (Å²) < 4.78 is 37.1. The van der Waals surface area contributed by atoms with Crippen LogP contribution >= 0.6 is 0 Å². The third kappa shape index (κ3) is 4.27. The number of rotatable bonds is 7. The number of benzene rings is 1. The fourth-order valence-electron chi connectivity index (χ4n) is 3.72. The molecule has 134 valence electrons. The first-order valence-electron chi connectivity index (χ1n) is 8.34. The van der Waals surface area contributed by atoms with Gasteiger partial charge in [-0.25, -0.2) is 13.1 Å². The van der Waals surface area contributed by atoms with Crippen molar-refractivity contribution in [2.75, 3.05) is 39.7 Å². The predicted octanol–water partition coefficient (Wildman–Crippen LogP) is 1.15. The summed E-state index contributed by atoms with van der Waals surface area (Å²) in [5.74, 6) is 0.994. The van der Waals surface area contributed by atoms with E-state index in [1.54, 1.807) is 7.11 Å². The van der Waals surface area contributed by atoms with Gasteiger partial charge in [-0.15, -0.1) is 0 Å². The van der Waals surface area contributed by atoms with Gasteiger partial charge in [0.05, 0.1) is 12.9 Å². The maximum absolute atomic E-state index is 11.8. The highest BCUT2D eigenvalue weighted by Crippen LogP contribution is 2.30. The first kappa shape index (κ1) is 17.7. The fraction of sp³-hybridized carbons (Fsp3) is 0.647. The van der Waals surface area contributed by atoms with E-state index in [0.717, 1.165) is 38.3 Å². The highest BCUT2D eigenvalue weighted by molar-refractivity contribution is 7.88. The van der Waals surface area contributed by atoms with Crippen molar-refractivity contribution in [2.45, 2.75) is 31.3 Å². The molecule has 0 bridgehead atoms. The average Bonchev–Trinajstić information content (AvgIpc) is 3.11. The van der Waals surface area contributed by atoms with E-state index in [4.69, 9.17) is 9.47 Å². The van der Waals surface area contributed by atoms with Gasteiger partial charge in [0, 0.05) is 45.3 Å². The first-order chi connectivity index (χ1) is 11.4. The van der Waals surface area contributed by atoms with E-state index in [2.05, 4.69) is 21.8 Å². The van der Waals surface area contributed by atoms with E-state index >= 15 is 0 Å². The van der Waals surface area contributed by atoms with E-state index in [9.17, 15) is 8.42 Å². The van der Waals surface area contributed by atoms with Gasteiger partial charge < -0.3 is 9.47 Å². The number of fused-ring (bicyclic) bond motifs is 1. The molecule has 2 aliphatic rings. The van der Waals surface area contributed by atoms with Crippen LogP contribution < -0.4 is 9.46 Å². The second kappa shape index (κ2) is 7.00. The van der Waals surface area contributed by atoms with E-state index in [1.165, 1.54) is 17.4 Å². The number of methoxy groups -OCH3 is 1. The zero-order valence-electron chi connectivity index (χ0n) is 14.4. The number of hydrogen-bond donors (Lipinski definition) is 1. The molecule has 1 aromatic rings. The molecule has 1 atom stereocenters. The maximum atomic E-state index is 11.8. The number of hydrogen-bond acceptors (Lipinski definition) is 5. The molecule has 1 aromatic carbocycles. The SMILES string of the molecule is COCCC1(NS(C)(=O)=O)CCN(Cc2ccc3c(c2)CCO3)C1. The van der Waals surface area contributed by atoms with Crippen LogP contribution in [0, 0.1) is 0 Å². The summed E-state index contributed by atoms with van der Waals surface area (Å²) in [7, 11) is -1.60. The molecule has 1 unspecified atom stereocenters. The van der Waals surface area contributed by atoms with Gasteiger partial charge in [-0.2, -0.15) is 0 Å². The lowest BCUT2D eigenvalue weighted by Gasteiger charge is -2.29. The quantitative estimate of drug-likeness (QED) is 0.796. The molecule has 24 heavy (non-hydrogen) atoms. The summed E-state index contributed by atoms with van der Waals surface area (Å²) in [4.78, 5) is 2.31. The number of nitrogens with zero attached hydrogens (tertiary/aromatic N) is 1. The highest BCUT2D eigenvalue weighted by Gasteiger charge is 2.39. The molecule has 7 heteroatoms. The molecular weight excluding hydrogens is 328 g/mol. The topological polar surface area (TPSA) is 67.9 Å². The summed E-state index contributed by atoms with van der Waals surface area (Å²) in [6.07, 6.45) is 3.68. The van der Waals surface area contributed by atoms with Crippen molar-refractivity contribution in [3.63, 3.8) is 0 Å². The average molecular weight is 354 g/mol. The van der Waals surface area contributed by atoms with Gasteiger partial charge >= 0.3 is 0 Å². The third-order valence-corrected chi connectivity index (χ3v) is 5.58. The second-order valence-electron chi connectivity index (χ2n) is 6.90. The van der Waals surface area contributed by atoms with Crippen molar-refractivity contribution in [3.8, 4) is 5.75 Å². The molecule has 1 saturated heterocycles. The zero-order valence-corrected chi connectivity index (χ0v) is 15.2. The standard InChI is InChI=1S/C17H26N2O4S/c1-22-10-7-17(18-24(2,20)21)6-8-19(13-17)12-14-3-4-16-15(11-14)5-9-23-16/h3-4,11,18H,5-10,12-13H2,1-2H3. The highest BCUT2D eigenvalue weighted by atomic mass is 32.2. The molecule has 0 aliphatic carbocycles. The van der Waals surface area contributed by atoms with Gasteiger partial charge in [0.1, 0.15) is 5.75 Å². The van der Waals surface area contributed by atoms with Gasteiger partial charge in [-0.1, -0.05) is 12.1 Å². The lowest BCUT2D eigenvalue weighted by Crippen LogP contribution is -2.50. The van der Waals surface area contributed by atoms with Crippen molar-refractivity contribution < 1.29 is 17.9 Å². The minimum atomic E-state index is -3.25. The molecule has 0 aromatic heterocycles. The molecule has 3 rings (SSSR count). The largest absolute Gasteiger partial charge is 0.493 e. The van der Waals surface area contributed by atoms with Crippen molar-refractivity contribution in [1.29, 1.82) is 0 Å². The van der Waals surface area contributed by atoms with Crippen LogP contribution in [0.25, 0.3) is 0 Å². The van der Waals surface area contributed by atoms with E-state index in [0.29, 0.717) is 19.6 Å². The van der Waals surface area contributed by atoms with Crippen LogP contribution in [0.4, 0.5) is 0 Å².